The fourth-order valence-electron chi connectivity index (χ4n) is 3.43. The van der Waals surface area contributed by atoms with Gasteiger partial charge in [0.05, 0.1) is 11.4 Å². The highest BCUT2D eigenvalue weighted by molar-refractivity contribution is 5.95. The molecule has 2 aromatic carbocycles. The maximum atomic E-state index is 12.9. The average Bonchev–Trinajstić information content (AvgIpc) is 2.82. The monoisotopic (exact) mass is 419 g/mol. The zero-order chi connectivity index (χ0) is 21.8. The molecule has 1 amide bonds. The first-order valence-electron chi connectivity index (χ1n) is 10.4. The standard InChI is InChI=1S/C24H25N3O4/c1-17(2)24(29)31-30-20-8-5-7-19(16-20)26-12-14-27(15-13-26)23(28)22-11-10-18-6-3-4-9-21(18)25-22/h3-11,16-17H,12-15H2,1-2H3. The Labute approximate surface area is 181 Å². The van der Waals surface area contributed by atoms with E-state index >= 15 is 0 Å². The molecule has 3 aromatic rings. The number of nitrogens with zero attached hydrogens (tertiary/aromatic N) is 3. The van der Waals surface area contributed by atoms with Gasteiger partial charge in [0.25, 0.3) is 5.91 Å². The molecule has 1 aromatic heterocycles. The van der Waals surface area contributed by atoms with Crippen LogP contribution in [0, 0.1) is 5.92 Å². The van der Waals surface area contributed by atoms with Crippen LogP contribution >= 0.6 is 0 Å². The fourth-order valence-corrected chi connectivity index (χ4v) is 3.43. The second-order valence-electron chi connectivity index (χ2n) is 7.81. The molecule has 0 saturated carbocycles. The van der Waals surface area contributed by atoms with Crippen LogP contribution in [0.4, 0.5) is 5.69 Å². The van der Waals surface area contributed by atoms with Crippen molar-refractivity contribution in [1.29, 1.82) is 0 Å². The minimum absolute atomic E-state index is 0.0527. The summed E-state index contributed by atoms with van der Waals surface area (Å²) < 4.78 is 0. The molecular weight excluding hydrogens is 394 g/mol. The van der Waals surface area contributed by atoms with Gasteiger partial charge < -0.3 is 9.80 Å². The molecule has 0 bridgehead atoms. The second kappa shape index (κ2) is 9.04. The lowest BCUT2D eigenvalue weighted by Gasteiger charge is -2.36. The lowest BCUT2D eigenvalue weighted by Crippen LogP contribution is -2.49. The Morgan fingerprint density at radius 3 is 2.48 bits per heavy atom. The second-order valence-corrected chi connectivity index (χ2v) is 7.81. The number of benzene rings is 2. The van der Waals surface area contributed by atoms with Crippen molar-refractivity contribution in [3.05, 3.63) is 66.4 Å². The number of hydrogen-bond donors (Lipinski definition) is 0. The van der Waals surface area contributed by atoms with E-state index in [1.807, 2.05) is 53.4 Å². The summed E-state index contributed by atoms with van der Waals surface area (Å²) in [7, 11) is 0. The third-order valence-electron chi connectivity index (χ3n) is 5.26. The summed E-state index contributed by atoms with van der Waals surface area (Å²) in [6.45, 7) is 6.07. The molecule has 0 N–H and O–H groups in total. The number of carbonyl (C=O) groups excluding carboxylic acids is 2. The number of piperazine rings is 1. The zero-order valence-corrected chi connectivity index (χ0v) is 17.7. The van der Waals surface area contributed by atoms with Gasteiger partial charge in [-0.05, 0) is 24.3 Å². The van der Waals surface area contributed by atoms with Crippen LogP contribution in [0.3, 0.4) is 0 Å². The number of pyridine rings is 1. The zero-order valence-electron chi connectivity index (χ0n) is 17.7. The Morgan fingerprint density at radius 1 is 0.935 bits per heavy atom. The van der Waals surface area contributed by atoms with Gasteiger partial charge in [0, 0.05) is 43.3 Å². The van der Waals surface area contributed by atoms with Crippen LogP contribution in [-0.4, -0.2) is 47.9 Å². The van der Waals surface area contributed by atoms with Crippen molar-refractivity contribution in [2.45, 2.75) is 13.8 Å². The van der Waals surface area contributed by atoms with E-state index in [0.717, 1.165) is 16.6 Å². The number of carbonyl (C=O) groups is 2. The van der Waals surface area contributed by atoms with Crippen LogP contribution in [0.5, 0.6) is 5.75 Å². The first kappa shape index (κ1) is 20.7. The predicted molar refractivity (Wildman–Crippen MR) is 118 cm³/mol. The molecular formula is C24H25N3O4. The van der Waals surface area contributed by atoms with Crippen molar-refractivity contribution in [2.24, 2.45) is 5.92 Å². The van der Waals surface area contributed by atoms with Gasteiger partial charge in [0.1, 0.15) is 5.69 Å². The minimum atomic E-state index is -0.417. The summed E-state index contributed by atoms with van der Waals surface area (Å²) in [5, 5.41) is 1.02. The largest absolute Gasteiger partial charge is 0.368 e. The Balaban J connectivity index is 1.37. The van der Waals surface area contributed by atoms with Crippen molar-refractivity contribution in [3.8, 4) is 5.75 Å². The summed E-state index contributed by atoms with van der Waals surface area (Å²) in [6, 6.07) is 18.9. The van der Waals surface area contributed by atoms with Crippen molar-refractivity contribution in [2.75, 3.05) is 31.1 Å². The summed E-state index contributed by atoms with van der Waals surface area (Å²) in [5.41, 5.74) is 2.24. The van der Waals surface area contributed by atoms with Crippen LogP contribution in [0.15, 0.2) is 60.7 Å². The fraction of sp³-hybridized carbons (Fsp3) is 0.292. The SMILES string of the molecule is CC(C)C(=O)OOc1cccc(N2CCN(C(=O)c3ccc4ccccc4n3)CC2)c1. The molecule has 0 radical (unpaired) electrons. The molecule has 1 aliphatic heterocycles. The minimum Gasteiger partial charge on any atom is -0.368 e. The van der Waals surface area contributed by atoms with E-state index in [4.69, 9.17) is 9.78 Å². The van der Waals surface area contributed by atoms with Gasteiger partial charge in [-0.15, -0.1) is 0 Å². The number of rotatable bonds is 5. The summed E-state index contributed by atoms with van der Waals surface area (Å²) in [6.07, 6.45) is 0. The average molecular weight is 419 g/mol. The molecule has 160 valence electrons. The number of para-hydroxylation sites is 1. The number of fused-ring (bicyclic) bond motifs is 1. The molecule has 2 heterocycles. The summed E-state index contributed by atoms with van der Waals surface area (Å²) in [4.78, 5) is 43.0. The van der Waals surface area contributed by atoms with Crippen LogP contribution in [-0.2, 0) is 9.68 Å². The molecule has 31 heavy (non-hydrogen) atoms. The number of hydrogen-bond acceptors (Lipinski definition) is 6. The van der Waals surface area contributed by atoms with Gasteiger partial charge in [0.15, 0.2) is 5.75 Å². The van der Waals surface area contributed by atoms with Crippen LogP contribution in [0.2, 0.25) is 0 Å². The topological polar surface area (TPSA) is 72.0 Å². The van der Waals surface area contributed by atoms with Crippen LogP contribution < -0.4 is 9.79 Å². The van der Waals surface area contributed by atoms with Crippen molar-refractivity contribution in [1.82, 2.24) is 9.88 Å². The van der Waals surface area contributed by atoms with E-state index in [1.165, 1.54) is 0 Å². The smallest absolute Gasteiger partial charge is 0.357 e. The molecule has 1 aliphatic rings. The highest BCUT2D eigenvalue weighted by Gasteiger charge is 2.23. The summed E-state index contributed by atoms with van der Waals surface area (Å²) in [5.74, 6) is -0.265. The van der Waals surface area contributed by atoms with E-state index in [9.17, 15) is 9.59 Å². The van der Waals surface area contributed by atoms with Gasteiger partial charge in [-0.3, -0.25) is 14.6 Å². The Bertz CT molecular complexity index is 1090. The van der Waals surface area contributed by atoms with E-state index in [2.05, 4.69) is 9.88 Å². The van der Waals surface area contributed by atoms with E-state index < -0.39 is 5.97 Å². The molecule has 4 rings (SSSR count). The van der Waals surface area contributed by atoms with E-state index in [-0.39, 0.29) is 11.8 Å². The van der Waals surface area contributed by atoms with Crippen molar-refractivity contribution >= 4 is 28.5 Å². The van der Waals surface area contributed by atoms with E-state index in [0.29, 0.717) is 37.6 Å². The third kappa shape index (κ3) is 4.77. The third-order valence-corrected chi connectivity index (χ3v) is 5.26. The van der Waals surface area contributed by atoms with Gasteiger partial charge in [-0.25, -0.2) is 9.78 Å². The van der Waals surface area contributed by atoms with Crippen molar-refractivity contribution in [3.63, 3.8) is 0 Å². The first-order chi connectivity index (χ1) is 15.0. The normalized spacial score (nSPS) is 14.0. The predicted octanol–water partition coefficient (Wildman–Crippen LogP) is 3.69. The molecule has 1 saturated heterocycles. The molecule has 0 atom stereocenters. The maximum absolute atomic E-state index is 12.9. The molecule has 0 aliphatic carbocycles. The highest BCUT2D eigenvalue weighted by atomic mass is 17.2. The van der Waals surface area contributed by atoms with Gasteiger partial charge >= 0.3 is 5.97 Å². The Kier molecular flexibility index (Phi) is 6.02. The lowest BCUT2D eigenvalue weighted by atomic mass is 10.2. The van der Waals surface area contributed by atoms with Gasteiger partial charge in [-0.1, -0.05) is 44.2 Å². The quantitative estimate of drug-likeness (QED) is 0.464. The van der Waals surface area contributed by atoms with Crippen LogP contribution in [0.1, 0.15) is 24.3 Å². The highest BCUT2D eigenvalue weighted by Crippen LogP contribution is 2.23. The molecule has 0 spiro atoms. The molecule has 7 nitrogen and oxygen atoms in total. The van der Waals surface area contributed by atoms with Crippen molar-refractivity contribution < 1.29 is 19.4 Å². The molecule has 0 unspecified atom stereocenters. The number of amides is 1. The first-order valence-corrected chi connectivity index (χ1v) is 10.4. The molecule has 7 heteroatoms. The molecule has 1 fully saturated rings. The van der Waals surface area contributed by atoms with E-state index in [1.54, 1.807) is 26.0 Å². The number of anilines is 1. The maximum Gasteiger partial charge on any atom is 0.357 e. The Hall–Kier alpha value is -3.61. The summed E-state index contributed by atoms with van der Waals surface area (Å²) >= 11 is 0. The van der Waals surface area contributed by atoms with Gasteiger partial charge in [0.2, 0.25) is 0 Å². The van der Waals surface area contributed by atoms with Crippen LogP contribution in [0.25, 0.3) is 10.9 Å². The lowest BCUT2D eigenvalue weighted by molar-refractivity contribution is -0.217. The number of aromatic nitrogens is 1. The Morgan fingerprint density at radius 2 is 1.71 bits per heavy atom. The van der Waals surface area contributed by atoms with Gasteiger partial charge in [-0.2, -0.15) is 0 Å².